The van der Waals surface area contributed by atoms with Gasteiger partial charge in [0.25, 0.3) is 0 Å². The molecule has 2 aromatic rings. The summed E-state index contributed by atoms with van der Waals surface area (Å²) in [6.07, 6.45) is 4.15. The van der Waals surface area contributed by atoms with Gasteiger partial charge in [-0.25, -0.2) is 0 Å². The van der Waals surface area contributed by atoms with Gasteiger partial charge in [0.2, 0.25) is 5.91 Å². The first kappa shape index (κ1) is 19.1. The van der Waals surface area contributed by atoms with Gasteiger partial charge in [-0.2, -0.15) is 0 Å². The van der Waals surface area contributed by atoms with Gasteiger partial charge in [0.1, 0.15) is 0 Å². The zero-order valence-electron chi connectivity index (χ0n) is 17.1. The molecule has 2 fully saturated rings. The van der Waals surface area contributed by atoms with E-state index in [1.807, 2.05) is 23.2 Å². The maximum absolute atomic E-state index is 13.2. The summed E-state index contributed by atoms with van der Waals surface area (Å²) in [6.45, 7) is 8.70. The molecule has 0 unspecified atom stereocenters. The fraction of sp³-hybridized carbons (Fsp3) is 0.500. The highest BCUT2D eigenvalue weighted by molar-refractivity contribution is 5.79. The van der Waals surface area contributed by atoms with Gasteiger partial charge in [-0.1, -0.05) is 30.3 Å². The Morgan fingerprint density at radius 2 is 1.93 bits per heavy atom. The highest BCUT2D eigenvalue weighted by Gasteiger charge is 2.46. The Morgan fingerprint density at radius 3 is 2.61 bits per heavy atom. The molecule has 4 rings (SSSR count). The second-order valence-electron chi connectivity index (χ2n) is 9.06. The van der Waals surface area contributed by atoms with Crippen LogP contribution in [0.4, 0.5) is 0 Å². The van der Waals surface area contributed by atoms with E-state index >= 15 is 0 Å². The minimum atomic E-state index is -0.216. The lowest BCUT2D eigenvalue weighted by Crippen LogP contribution is -2.52. The molecule has 28 heavy (non-hydrogen) atoms. The van der Waals surface area contributed by atoms with Gasteiger partial charge in [0, 0.05) is 49.3 Å². The Morgan fingerprint density at radius 1 is 1.18 bits per heavy atom. The van der Waals surface area contributed by atoms with Crippen molar-refractivity contribution < 1.29 is 9.53 Å². The minimum absolute atomic E-state index is 0.153. The number of aryl methyl sites for hydroxylation is 1. The van der Waals surface area contributed by atoms with Gasteiger partial charge in [0.05, 0.1) is 5.60 Å². The van der Waals surface area contributed by atoms with Crippen LogP contribution in [0.5, 0.6) is 0 Å². The number of nitrogens with zero attached hydrogens (tertiary/aromatic N) is 2. The van der Waals surface area contributed by atoms with Crippen molar-refractivity contribution in [2.45, 2.75) is 57.0 Å². The Balaban J connectivity index is 1.52. The first-order valence-electron chi connectivity index (χ1n) is 10.3. The fourth-order valence-electron chi connectivity index (χ4n) is 5.01. The first-order chi connectivity index (χ1) is 13.4. The number of rotatable bonds is 4. The van der Waals surface area contributed by atoms with E-state index in [2.05, 4.69) is 56.1 Å². The maximum Gasteiger partial charge on any atom is 0.223 e. The molecule has 0 aliphatic carbocycles. The first-order valence-corrected chi connectivity index (χ1v) is 10.3. The number of aromatic nitrogens is 1. The normalized spacial score (nSPS) is 24.6. The van der Waals surface area contributed by atoms with Crippen LogP contribution in [0.3, 0.4) is 0 Å². The SMILES string of the molecule is Cc1ccccc1[C@@]1(CC(=O)N2CC(c3ccccn3)C2)CCOC(C)(C)C1. The van der Waals surface area contributed by atoms with Crippen LogP contribution >= 0.6 is 0 Å². The van der Waals surface area contributed by atoms with Crippen LogP contribution in [-0.2, 0) is 14.9 Å². The van der Waals surface area contributed by atoms with E-state index in [0.717, 1.165) is 31.6 Å². The molecule has 0 radical (unpaired) electrons. The number of pyridine rings is 1. The van der Waals surface area contributed by atoms with Crippen LogP contribution in [0, 0.1) is 6.92 Å². The summed E-state index contributed by atoms with van der Waals surface area (Å²) in [5.74, 6) is 0.624. The van der Waals surface area contributed by atoms with Crippen molar-refractivity contribution in [2.24, 2.45) is 0 Å². The minimum Gasteiger partial charge on any atom is -0.376 e. The van der Waals surface area contributed by atoms with E-state index in [4.69, 9.17) is 4.74 Å². The molecule has 0 saturated carbocycles. The molecule has 0 bridgehead atoms. The van der Waals surface area contributed by atoms with Crippen LogP contribution in [0.2, 0.25) is 0 Å². The van der Waals surface area contributed by atoms with E-state index in [1.54, 1.807) is 0 Å². The Bertz CT molecular complexity index is 843. The van der Waals surface area contributed by atoms with Crippen molar-refractivity contribution in [2.75, 3.05) is 19.7 Å². The monoisotopic (exact) mass is 378 g/mol. The molecule has 2 aliphatic heterocycles. The van der Waals surface area contributed by atoms with Crippen molar-refractivity contribution in [3.63, 3.8) is 0 Å². The molecular weight excluding hydrogens is 348 g/mol. The van der Waals surface area contributed by atoms with Gasteiger partial charge in [0.15, 0.2) is 0 Å². The molecule has 1 amide bonds. The summed E-state index contributed by atoms with van der Waals surface area (Å²) in [5.41, 5.74) is 3.30. The van der Waals surface area contributed by atoms with E-state index in [-0.39, 0.29) is 16.9 Å². The average molecular weight is 379 g/mol. The summed E-state index contributed by atoms with van der Waals surface area (Å²) < 4.78 is 6.01. The van der Waals surface area contributed by atoms with Crippen LogP contribution in [0.1, 0.15) is 55.8 Å². The summed E-state index contributed by atoms with van der Waals surface area (Å²) >= 11 is 0. The summed E-state index contributed by atoms with van der Waals surface area (Å²) in [7, 11) is 0. The third-order valence-corrected chi connectivity index (χ3v) is 6.38. The van der Waals surface area contributed by atoms with Gasteiger partial charge in [-0.3, -0.25) is 9.78 Å². The predicted molar refractivity (Wildman–Crippen MR) is 110 cm³/mol. The smallest absolute Gasteiger partial charge is 0.223 e. The van der Waals surface area contributed by atoms with E-state index in [1.165, 1.54) is 11.1 Å². The summed E-state index contributed by atoms with van der Waals surface area (Å²) in [6, 6.07) is 14.5. The van der Waals surface area contributed by atoms with Crippen molar-refractivity contribution in [3.8, 4) is 0 Å². The zero-order chi connectivity index (χ0) is 19.8. The highest BCUT2D eigenvalue weighted by Crippen LogP contribution is 2.46. The van der Waals surface area contributed by atoms with Crippen molar-refractivity contribution >= 4 is 5.91 Å². The Labute approximate surface area is 167 Å². The topological polar surface area (TPSA) is 42.4 Å². The maximum atomic E-state index is 13.2. The van der Waals surface area contributed by atoms with Crippen LogP contribution in [-0.4, -0.2) is 41.1 Å². The molecule has 0 N–H and O–H groups in total. The quantitative estimate of drug-likeness (QED) is 0.799. The number of hydrogen-bond acceptors (Lipinski definition) is 3. The molecule has 1 atom stereocenters. The molecule has 2 saturated heterocycles. The lowest BCUT2D eigenvalue weighted by Gasteiger charge is -2.47. The Kier molecular flexibility index (Phi) is 5.00. The molecule has 0 spiro atoms. The standard InChI is InChI=1S/C24H30N2O2/c1-18-8-4-5-9-20(18)24(11-13-28-23(2,3)17-24)14-22(27)26-15-19(16-26)21-10-6-7-12-25-21/h4-10,12,19H,11,13-17H2,1-3H3/t24-/m1/s1. The number of hydrogen-bond donors (Lipinski definition) is 0. The fourth-order valence-corrected chi connectivity index (χ4v) is 5.01. The largest absolute Gasteiger partial charge is 0.376 e. The number of carbonyl (C=O) groups is 1. The molecule has 3 heterocycles. The zero-order valence-corrected chi connectivity index (χ0v) is 17.1. The summed E-state index contributed by atoms with van der Waals surface area (Å²) in [4.78, 5) is 19.7. The Hall–Kier alpha value is -2.20. The third kappa shape index (κ3) is 3.70. The molecule has 2 aliphatic rings. The highest BCUT2D eigenvalue weighted by atomic mass is 16.5. The van der Waals surface area contributed by atoms with E-state index in [9.17, 15) is 4.79 Å². The van der Waals surface area contributed by atoms with Gasteiger partial charge >= 0.3 is 0 Å². The van der Waals surface area contributed by atoms with Crippen molar-refractivity contribution in [3.05, 3.63) is 65.5 Å². The lowest BCUT2D eigenvalue weighted by atomic mass is 9.66. The molecule has 4 nitrogen and oxygen atoms in total. The van der Waals surface area contributed by atoms with Crippen molar-refractivity contribution in [1.82, 2.24) is 9.88 Å². The van der Waals surface area contributed by atoms with Gasteiger partial charge < -0.3 is 9.64 Å². The molecule has 148 valence electrons. The molecule has 1 aromatic carbocycles. The van der Waals surface area contributed by atoms with Gasteiger partial charge in [-0.15, -0.1) is 0 Å². The van der Waals surface area contributed by atoms with Crippen LogP contribution < -0.4 is 0 Å². The lowest BCUT2D eigenvalue weighted by molar-refractivity contribution is -0.140. The van der Waals surface area contributed by atoms with Crippen molar-refractivity contribution in [1.29, 1.82) is 0 Å². The van der Waals surface area contributed by atoms with Crippen LogP contribution in [0.15, 0.2) is 48.7 Å². The van der Waals surface area contributed by atoms with Crippen LogP contribution in [0.25, 0.3) is 0 Å². The third-order valence-electron chi connectivity index (χ3n) is 6.38. The molecule has 1 aromatic heterocycles. The average Bonchev–Trinajstić information content (AvgIpc) is 2.60. The number of likely N-dealkylation sites (tertiary alicyclic amines) is 1. The number of amides is 1. The number of ether oxygens (including phenoxy) is 1. The van der Waals surface area contributed by atoms with E-state index < -0.39 is 0 Å². The summed E-state index contributed by atoms with van der Waals surface area (Å²) in [5, 5.41) is 0. The predicted octanol–water partition coefficient (Wildman–Crippen LogP) is 4.23. The molecular formula is C24H30N2O2. The number of carbonyl (C=O) groups excluding carboxylic acids is 1. The second-order valence-corrected chi connectivity index (χ2v) is 9.06. The molecule has 4 heteroatoms. The van der Waals surface area contributed by atoms with Gasteiger partial charge in [-0.05, 0) is 56.9 Å². The number of benzene rings is 1. The second kappa shape index (κ2) is 7.32. The van der Waals surface area contributed by atoms with E-state index in [0.29, 0.717) is 18.9 Å².